The molecule has 4 atom stereocenters. The number of hydrogen-bond donors (Lipinski definition) is 2. The zero-order valence-corrected chi connectivity index (χ0v) is 11.7. The molecule has 1 aromatic carbocycles. The van der Waals surface area contributed by atoms with Gasteiger partial charge in [-0.15, -0.1) is 0 Å². The highest BCUT2D eigenvalue weighted by molar-refractivity contribution is 5.89. The Hall–Kier alpha value is -1.88. The third kappa shape index (κ3) is 3.08. The maximum absolute atomic E-state index is 12.2. The molecular weight excluding hydrogens is 270 g/mol. The number of rotatable bonds is 5. The number of carboxylic acid groups (broad SMARTS) is 1. The van der Waals surface area contributed by atoms with E-state index in [-0.39, 0.29) is 18.1 Å². The van der Waals surface area contributed by atoms with Gasteiger partial charge in [0.05, 0.1) is 24.0 Å². The molecule has 1 aromatic rings. The summed E-state index contributed by atoms with van der Waals surface area (Å²) in [5, 5.41) is 11.9. The van der Waals surface area contributed by atoms with Crippen LogP contribution in [0.3, 0.4) is 0 Å². The molecule has 5 heteroatoms. The van der Waals surface area contributed by atoms with Crippen LogP contribution in [0.25, 0.3) is 0 Å². The van der Waals surface area contributed by atoms with E-state index in [1.165, 1.54) is 0 Å². The van der Waals surface area contributed by atoms with E-state index in [2.05, 4.69) is 5.32 Å². The standard InChI is InChI=1S/C16H19NO4/c18-15(11-9-12(11)16(19)20)17-14(13-7-4-8-21-13)10-5-2-1-3-6-10/h1-3,5-6,11-14H,4,7-9H2,(H,17,18)(H,19,20)/t11-,12+,13+,14+/m0/s1. The van der Waals surface area contributed by atoms with E-state index < -0.39 is 17.8 Å². The van der Waals surface area contributed by atoms with Crippen molar-refractivity contribution in [2.45, 2.75) is 31.4 Å². The number of amides is 1. The lowest BCUT2D eigenvalue weighted by atomic mass is 9.99. The lowest BCUT2D eigenvalue weighted by Gasteiger charge is -2.24. The van der Waals surface area contributed by atoms with Crippen molar-refractivity contribution in [1.82, 2.24) is 5.32 Å². The number of ether oxygens (including phenoxy) is 1. The van der Waals surface area contributed by atoms with Gasteiger partial charge in [-0.25, -0.2) is 0 Å². The van der Waals surface area contributed by atoms with Gasteiger partial charge in [0.25, 0.3) is 0 Å². The van der Waals surface area contributed by atoms with E-state index in [1.54, 1.807) is 0 Å². The number of carbonyl (C=O) groups excluding carboxylic acids is 1. The number of hydrogen-bond acceptors (Lipinski definition) is 3. The quantitative estimate of drug-likeness (QED) is 0.866. The molecule has 1 amide bonds. The number of benzene rings is 1. The minimum absolute atomic E-state index is 0.0293. The fourth-order valence-corrected chi connectivity index (χ4v) is 2.93. The van der Waals surface area contributed by atoms with Crippen LogP contribution in [-0.2, 0) is 14.3 Å². The van der Waals surface area contributed by atoms with Crippen LogP contribution in [0, 0.1) is 11.8 Å². The molecule has 2 aliphatic rings. The van der Waals surface area contributed by atoms with Crippen LogP contribution in [0.15, 0.2) is 30.3 Å². The first-order valence-electron chi connectivity index (χ1n) is 7.36. The molecule has 3 rings (SSSR count). The Balaban J connectivity index is 1.71. The largest absolute Gasteiger partial charge is 0.481 e. The topological polar surface area (TPSA) is 75.6 Å². The van der Waals surface area contributed by atoms with Gasteiger partial charge < -0.3 is 15.2 Å². The van der Waals surface area contributed by atoms with Gasteiger partial charge in [0, 0.05) is 6.61 Å². The van der Waals surface area contributed by atoms with E-state index in [0.717, 1.165) is 18.4 Å². The van der Waals surface area contributed by atoms with Crippen LogP contribution in [-0.4, -0.2) is 29.7 Å². The van der Waals surface area contributed by atoms with Crippen molar-refractivity contribution in [3.8, 4) is 0 Å². The molecule has 0 unspecified atom stereocenters. The number of carbonyl (C=O) groups is 2. The van der Waals surface area contributed by atoms with Crippen molar-refractivity contribution in [2.75, 3.05) is 6.61 Å². The van der Waals surface area contributed by atoms with Crippen LogP contribution in [0.2, 0.25) is 0 Å². The summed E-state index contributed by atoms with van der Waals surface area (Å²) in [6.45, 7) is 0.713. The summed E-state index contributed by atoms with van der Waals surface area (Å²) < 4.78 is 5.71. The highest BCUT2D eigenvalue weighted by atomic mass is 16.5. The molecule has 1 aliphatic heterocycles. The normalized spacial score (nSPS) is 28.9. The highest BCUT2D eigenvalue weighted by Gasteiger charge is 2.49. The number of nitrogens with one attached hydrogen (secondary N) is 1. The average Bonchev–Trinajstić information content (AvgIpc) is 3.13. The zero-order chi connectivity index (χ0) is 14.8. The Kier molecular flexibility index (Phi) is 3.92. The molecular formula is C16H19NO4. The van der Waals surface area contributed by atoms with Crippen LogP contribution >= 0.6 is 0 Å². The molecule has 1 saturated carbocycles. The van der Waals surface area contributed by atoms with Crippen molar-refractivity contribution in [3.05, 3.63) is 35.9 Å². The lowest BCUT2D eigenvalue weighted by molar-refractivity contribution is -0.140. The minimum atomic E-state index is -0.886. The maximum atomic E-state index is 12.2. The highest BCUT2D eigenvalue weighted by Crippen LogP contribution is 2.39. The Morgan fingerprint density at radius 1 is 1.24 bits per heavy atom. The van der Waals surface area contributed by atoms with Gasteiger partial charge in [0.1, 0.15) is 0 Å². The molecule has 112 valence electrons. The smallest absolute Gasteiger partial charge is 0.307 e. The molecule has 2 N–H and O–H groups in total. The summed E-state index contributed by atoms with van der Waals surface area (Å²) in [6.07, 6.45) is 2.31. The number of carboxylic acids is 1. The Bertz CT molecular complexity index is 524. The first-order valence-corrected chi connectivity index (χ1v) is 7.36. The lowest BCUT2D eigenvalue weighted by Crippen LogP contribution is -2.37. The van der Waals surface area contributed by atoms with Crippen LogP contribution in [0.4, 0.5) is 0 Å². The Morgan fingerprint density at radius 3 is 2.57 bits per heavy atom. The second-order valence-electron chi connectivity index (χ2n) is 5.74. The summed E-state index contributed by atoms with van der Waals surface area (Å²) in [4.78, 5) is 23.1. The van der Waals surface area contributed by atoms with Crippen molar-refractivity contribution in [3.63, 3.8) is 0 Å². The van der Waals surface area contributed by atoms with Crippen molar-refractivity contribution < 1.29 is 19.4 Å². The summed E-state index contributed by atoms with van der Waals surface area (Å²) in [5.41, 5.74) is 1.00. The molecule has 2 fully saturated rings. The molecule has 0 spiro atoms. The van der Waals surface area contributed by atoms with E-state index in [1.807, 2.05) is 30.3 Å². The third-order valence-corrected chi connectivity index (χ3v) is 4.24. The van der Waals surface area contributed by atoms with Gasteiger partial charge in [0.15, 0.2) is 0 Å². The monoisotopic (exact) mass is 289 g/mol. The SMILES string of the molecule is O=C(N[C@H](c1ccccc1)[C@H]1CCCO1)[C@H]1C[C@H]1C(=O)O. The van der Waals surface area contributed by atoms with Gasteiger partial charge in [-0.05, 0) is 24.8 Å². The summed E-state index contributed by atoms with van der Waals surface area (Å²) in [6, 6.07) is 9.53. The van der Waals surface area contributed by atoms with E-state index in [9.17, 15) is 9.59 Å². The number of aliphatic carboxylic acids is 1. The zero-order valence-electron chi connectivity index (χ0n) is 11.7. The fourth-order valence-electron chi connectivity index (χ4n) is 2.93. The molecule has 1 heterocycles. The molecule has 1 saturated heterocycles. The van der Waals surface area contributed by atoms with Crippen molar-refractivity contribution >= 4 is 11.9 Å². The average molecular weight is 289 g/mol. The van der Waals surface area contributed by atoms with Gasteiger partial charge in [-0.3, -0.25) is 9.59 Å². The molecule has 0 bridgehead atoms. The summed E-state index contributed by atoms with van der Waals surface area (Å²) in [5.74, 6) is -1.98. The fraction of sp³-hybridized carbons (Fsp3) is 0.500. The van der Waals surface area contributed by atoms with Crippen LogP contribution < -0.4 is 5.32 Å². The van der Waals surface area contributed by atoms with Crippen LogP contribution in [0.5, 0.6) is 0 Å². The van der Waals surface area contributed by atoms with Gasteiger partial charge in [0.2, 0.25) is 5.91 Å². The predicted molar refractivity (Wildman–Crippen MR) is 75.5 cm³/mol. The van der Waals surface area contributed by atoms with Gasteiger partial charge in [-0.2, -0.15) is 0 Å². The van der Waals surface area contributed by atoms with Gasteiger partial charge >= 0.3 is 5.97 Å². The predicted octanol–water partition coefficient (Wildman–Crippen LogP) is 1.74. The Morgan fingerprint density at radius 2 is 2.00 bits per heavy atom. The molecule has 1 aliphatic carbocycles. The van der Waals surface area contributed by atoms with E-state index in [0.29, 0.717) is 13.0 Å². The molecule has 5 nitrogen and oxygen atoms in total. The maximum Gasteiger partial charge on any atom is 0.307 e. The van der Waals surface area contributed by atoms with Crippen molar-refractivity contribution in [2.24, 2.45) is 11.8 Å². The van der Waals surface area contributed by atoms with E-state index in [4.69, 9.17) is 9.84 Å². The Labute approximate surface area is 123 Å². The molecule has 0 radical (unpaired) electrons. The summed E-state index contributed by atoms with van der Waals surface area (Å²) >= 11 is 0. The second kappa shape index (κ2) is 5.85. The third-order valence-electron chi connectivity index (χ3n) is 4.24. The van der Waals surface area contributed by atoms with Gasteiger partial charge in [-0.1, -0.05) is 30.3 Å². The first-order chi connectivity index (χ1) is 10.2. The van der Waals surface area contributed by atoms with Crippen LogP contribution in [0.1, 0.15) is 30.9 Å². The second-order valence-corrected chi connectivity index (χ2v) is 5.74. The van der Waals surface area contributed by atoms with Crippen molar-refractivity contribution in [1.29, 1.82) is 0 Å². The first kappa shape index (κ1) is 14.1. The summed E-state index contributed by atoms with van der Waals surface area (Å²) in [7, 11) is 0. The van der Waals surface area contributed by atoms with E-state index >= 15 is 0 Å². The molecule has 0 aromatic heterocycles. The molecule has 21 heavy (non-hydrogen) atoms. The minimum Gasteiger partial charge on any atom is -0.481 e.